The SMILES string of the molecule is O=C([O-])CC(CO)C(=O)N1CCOC[C@@H]1Cc1ccccc1.[K+]. The molecule has 1 aliphatic heterocycles. The number of aliphatic hydroxyl groups is 1. The van der Waals surface area contributed by atoms with Crippen molar-refractivity contribution in [2.75, 3.05) is 26.4 Å². The van der Waals surface area contributed by atoms with E-state index in [1.54, 1.807) is 4.90 Å². The van der Waals surface area contributed by atoms with E-state index in [-0.39, 0.29) is 63.3 Å². The Morgan fingerprint density at radius 2 is 2.04 bits per heavy atom. The van der Waals surface area contributed by atoms with Crippen LogP contribution in [0.2, 0.25) is 0 Å². The Labute approximate surface area is 178 Å². The number of nitrogens with zero attached hydrogens (tertiary/aromatic N) is 1. The van der Waals surface area contributed by atoms with E-state index in [4.69, 9.17) is 4.74 Å². The number of amides is 1. The number of morpholine rings is 1. The van der Waals surface area contributed by atoms with Gasteiger partial charge in [0.2, 0.25) is 5.91 Å². The van der Waals surface area contributed by atoms with Crippen LogP contribution in [0, 0.1) is 5.92 Å². The summed E-state index contributed by atoms with van der Waals surface area (Å²) in [6.07, 6.45) is 0.167. The second-order valence-electron chi connectivity index (χ2n) is 5.41. The molecule has 1 N–H and O–H groups in total. The van der Waals surface area contributed by atoms with Crippen LogP contribution in [0.1, 0.15) is 12.0 Å². The Morgan fingerprint density at radius 1 is 1.35 bits per heavy atom. The molecule has 1 aromatic carbocycles. The van der Waals surface area contributed by atoms with Crippen molar-refractivity contribution in [3.8, 4) is 0 Å². The summed E-state index contributed by atoms with van der Waals surface area (Å²) in [6, 6.07) is 9.57. The maximum Gasteiger partial charge on any atom is 1.00 e. The zero-order valence-corrected chi connectivity index (χ0v) is 16.4. The van der Waals surface area contributed by atoms with Gasteiger partial charge in [-0.2, -0.15) is 0 Å². The Balaban J connectivity index is 0.00000264. The number of carboxylic acid groups (broad SMARTS) is 1. The van der Waals surface area contributed by atoms with Crippen LogP contribution in [0.4, 0.5) is 0 Å². The Morgan fingerprint density at radius 3 is 2.65 bits per heavy atom. The first-order valence-corrected chi connectivity index (χ1v) is 7.34. The quantitative estimate of drug-likeness (QED) is 0.534. The van der Waals surface area contributed by atoms with Gasteiger partial charge in [0.25, 0.3) is 0 Å². The van der Waals surface area contributed by atoms with E-state index in [0.717, 1.165) is 5.56 Å². The van der Waals surface area contributed by atoms with Crippen molar-refractivity contribution in [2.45, 2.75) is 18.9 Å². The molecule has 0 aliphatic carbocycles. The van der Waals surface area contributed by atoms with Gasteiger partial charge in [-0.1, -0.05) is 30.3 Å². The average Bonchev–Trinajstić information content (AvgIpc) is 2.53. The van der Waals surface area contributed by atoms with Crippen LogP contribution >= 0.6 is 0 Å². The van der Waals surface area contributed by atoms with Crippen molar-refractivity contribution in [3.05, 3.63) is 35.9 Å². The number of carbonyl (C=O) groups excluding carboxylic acids is 2. The van der Waals surface area contributed by atoms with Crippen molar-refractivity contribution >= 4 is 11.9 Å². The van der Waals surface area contributed by atoms with E-state index in [0.29, 0.717) is 26.2 Å². The summed E-state index contributed by atoms with van der Waals surface area (Å²) < 4.78 is 5.44. The molecule has 2 rings (SSSR count). The van der Waals surface area contributed by atoms with E-state index < -0.39 is 24.9 Å². The van der Waals surface area contributed by atoms with Crippen LogP contribution in [0.25, 0.3) is 0 Å². The maximum atomic E-state index is 12.5. The van der Waals surface area contributed by atoms with Gasteiger partial charge in [0.15, 0.2) is 0 Å². The summed E-state index contributed by atoms with van der Waals surface area (Å²) >= 11 is 0. The summed E-state index contributed by atoms with van der Waals surface area (Å²) in [6.45, 7) is 0.729. The molecule has 0 spiro atoms. The molecule has 1 heterocycles. The largest absolute Gasteiger partial charge is 1.00 e. The molecule has 0 aromatic heterocycles. The topological polar surface area (TPSA) is 89.9 Å². The number of aliphatic hydroxyl groups excluding tert-OH is 1. The molecule has 1 aliphatic rings. The van der Waals surface area contributed by atoms with Crippen molar-refractivity contribution in [2.24, 2.45) is 5.92 Å². The van der Waals surface area contributed by atoms with Gasteiger partial charge in [0, 0.05) is 18.9 Å². The number of ether oxygens (including phenoxy) is 1. The van der Waals surface area contributed by atoms with Gasteiger partial charge < -0.3 is 24.6 Å². The Bertz CT molecular complexity index is 510. The molecule has 1 saturated heterocycles. The molecule has 1 aromatic rings. The predicted molar refractivity (Wildman–Crippen MR) is 76.7 cm³/mol. The van der Waals surface area contributed by atoms with Crippen molar-refractivity contribution in [1.82, 2.24) is 4.90 Å². The number of rotatable bonds is 6. The third-order valence-electron chi connectivity index (χ3n) is 3.81. The van der Waals surface area contributed by atoms with E-state index in [1.807, 2.05) is 30.3 Å². The molecule has 7 heteroatoms. The van der Waals surface area contributed by atoms with Crippen molar-refractivity contribution < 1.29 is 75.9 Å². The fraction of sp³-hybridized carbons (Fsp3) is 0.500. The second kappa shape index (κ2) is 10.6. The summed E-state index contributed by atoms with van der Waals surface area (Å²) in [4.78, 5) is 24.8. The average molecular weight is 345 g/mol. The number of hydrogen-bond donors (Lipinski definition) is 1. The summed E-state index contributed by atoms with van der Waals surface area (Å²) in [7, 11) is 0. The third-order valence-corrected chi connectivity index (χ3v) is 3.81. The number of carboxylic acids is 1. The zero-order valence-electron chi connectivity index (χ0n) is 13.3. The molecule has 2 atom stereocenters. The molecule has 1 unspecified atom stereocenters. The first kappa shape index (κ1) is 20.8. The molecule has 6 nitrogen and oxygen atoms in total. The van der Waals surface area contributed by atoms with Crippen molar-refractivity contribution in [1.29, 1.82) is 0 Å². The zero-order chi connectivity index (χ0) is 15.9. The summed E-state index contributed by atoms with van der Waals surface area (Å²) in [5.41, 5.74) is 1.08. The number of hydrogen-bond acceptors (Lipinski definition) is 5. The molecule has 1 fully saturated rings. The van der Waals surface area contributed by atoms with Gasteiger partial charge in [-0.25, -0.2) is 0 Å². The molecule has 120 valence electrons. The van der Waals surface area contributed by atoms with E-state index >= 15 is 0 Å². The minimum absolute atomic E-state index is 0. The predicted octanol–water partition coefficient (Wildman–Crippen LogP) is -3.79. The minimum atomic E-state index is -1.33. The number of benzene rings is 1. The molecule has 0 saturated carbocycles. The summed E-state index contributed by atoms with van der Waals surface area (Å²) in [5.74, 6) is -2.64. The first-order chi connectivity index (χ1) is 10.6. The normalized spacial score (nSPS) is 18.8. The maximum absolute atomic E-state index is 12.5. The molecule has 23 heavy (non-hydrogen) atoms. The smallest absolute Gasteiger partial charge is 0.550 e. The first-order valence-electron chi connectivity index (χ1n) is 7.34. The molecular formula is C16H20KNO5. The number of aliphatic carboxylic acids is 1. The van der Waals surface area contributed by atoms with Crippen LogP contribution in [0.5, 0.6) is 0 Å². The monoisotopic (exact) mass is 345 g/mol. The van der Waals surface area contributed by atoms with Gasteiger partial charge in [-0.05, 0) is 12.0 Å². The molecule has 0 radical (unpaired) electrons. The summed E-state index contributed by atoms with van der Waals surface area (Å²) in [5, 5.41) is 20.0. The van der Waals surface area contributed by atoms with E-state index in [9.17, 15) is 19.8 Å². The van der Waals surface area contributed by atoms with Crippen LogP contribution in [0.3, 0.4) is 0 Å². The van der Waals surface area contributed by atoms with Gasteiger partial charge in [-0.3, -0.25) is 4.79 Å². The van der Waals surface area contributed by atoms with E-state index in [1.165, 1.54) is 0 Å². The Hall–Kier alpha value is -0.284. The second-order valence-corrected chi connectivity index (χ2v) is 5.41. The fourth-order valence-corrected chi connectivity index (χ4v) is 2.67. The molecular weight excluding hydrogens is 325 g/mol. The van der Waals surface area contributed by atoms with Gasteiger partial charge >= 0.3 is 51.4 Å². The standard InChI is InChI=1S/C16H21NO5.K/c18-10-13(9-15(19)20)16(21)17-6-7-22-11-14(17)8-12-4-2-1-3-5-12;/h1-5,13-14,18H,6-11H2,(H,19,20);/q;+1/p-1/t13?,14-;/m0./s1. The number of carbonyl (C=O) groups is 2. The van der Waals surface area contributed by atoms with E-state index in [2.05, 4.69) is 0 Å². The van der Waals surface area contributed by atoms with Crippen LogP contribution < -0.4 is 56.5 Å². The minimum Gasteiger partial charge on any atom is -0.550 e. The van der Waals surface area contributed by atoms with Gasteiger partial charge in [-0.15, -0.1) is 0 Å². The van der Waals surface area contributed by atoms with Crippen LogP contribution in [0.15, 0.2) is 30.3 Å². The molecule has 1 amide bonds. The Kier molecular flexibility index (Phi) is 9.53. The third kappa shape index (κ3) is 6.26. The van der Waals surface area contributed by atoms with Crippen LogP contribution in [-0.2, 0) is 20.7 Å². The van der Waals surface area contributed by atoms with Crippen LogP contribution in [-0.4, -0.2) is 54.3 Å². The molecule has 0 bridgehead atoms. The fourth-order valence-electron chi connectivity index (χ4n) is 2.67. The van der Waals surface area contributed by atoms with Gasteiger partial charge in [0.05, 0.1) is 31.8 Å². The van der Waals surface area contributed by atoms with Crippen molar-refractivity contribution in [3.63, 3.8) is 0 Å². The van der Waals surface area contributed by atoms with Gasteiger partial charge in [0.1, 0.15) is 0 Å².